The van der Waals surface area contributed by atoms with Crippen molar-refractivity contribution in [1.29, 1.82) is 0 Å². The quantitative estimate of drug-likeness (QED) is 0.594. The second kappa shape index (κ2) is 5.73. The number of carbonyl (C=O) groups excluding carboxylic acids is 3. The Hall–Kier alpha value is -2.61. The van der Waals surface area contributed by atoms with E-state index in [4.69, 9.17) is 9.47 Å². The van der Waals surface area contributed by atoms with Gasteiger partial charge < -0.3 is 14.6 Å². The van der Waals surface area contributed by atoms with Crippen molar-refractivity contribution in [1.82, 2.24) is 10.2 Å². The maximum absolute atomic E-state index is 12.6. The van der Waals surface area contributed by atoms with Crippen LogP contribution in [0, 0.1) is 11.8 Å². The number of rotatable bonds is 3. The fourth-order valence-electron chi connectivity index (χ4n) is 3.86. The van der Waals surface area contributed by atoms with Crippen molar-refractivity contribution >= 4 is 17.8 Å². The molecule has 2 aliphatic rings. The van der Waals surface area contributed by atoms with Crippen LogP contribution in [-0.2, 0) is 19.1 Å². The minimum Gasteiger partial charge on any atom is -0.504 e. The zero-order chi connectivity index (χ0) is 18.5. The number of amides is 2. The number of likely N-dealkylation sites (tertiary alicyclic amines) is 1. The number of phenols is 1. The van der Waals surface area contributed by atoms with Gasteiger partial charge in [-0.1, -0.05) is 6.07 Å². The SMILES string of the molecule is COC(=O)[C@]1(C)N[C@@H](c2ccc(O)c(OC)c2)[C@H]2C(=O)N(C)C(=O)[C@H]21. The molecule has 25 heavy (non-hydrogen) atoms. The van der Waals surface area contributed by atoms with Gasteiger partial charge in [0.05, 0.1) is 26.1 Å². The monoisotopic (exact) mass is 348 g/mol. The fraction of sp³-hybridized carbons (Fsp3) is 0.471. The van der Waals surface area contributed by atoms with Gasteiger partial charge >= 0.3 is 5.97 Å². The van der Waals surface area contributed by atoms with Crippen LogP contribution in [0.1, 0.15) is 18.5 Å². The summed E-state index contributed by atoms with van der Waals surface area (Å²) >= 11 is 0. The molecule has 0 saturated carbocycles. The van der Waals surface area contributed by atoms with E-state index in [0.29, 0.717) is 5.56 Å². The Kier molecular flexibility index (Phi) is 3.95. The van der Waals surface area contributed by atoms with Gasteiger partial charge in [-0.15, -0.1) is 0 Å². The number of fused-ring (bicyclic) bond motifs is 1. The van der Waals surface area contributed by atoms with Gasteiger partial charge in [0.2, 0.25) is 11.8 Å². The number of hydrogen-bond acceptors (Lipinski definition) is 7. The Morgan fingerprint density at radius 2 is 1.96 bits per heavy atom. The molecule has 2 N–H and O–H groups in total. The zero-order valence-corrected chi connectivity index (χ0v) is 14.4. The molecule has 1 aromatic rings. The van der Waals surface area contributed by atoms with Gasteiger partial charge in [-0.25, -0.2) is 0 Å². The highest BCUT2D eigenvalue weighted by Gasteiger charge is 2.66. The van der Waals surface area contributed by atoms with Gasteiger partial charge in [-0.2, -0.15) is 0 Å². The molecule has 0 radical (unpaired) electrons. The normalized spacial score (nSPS) is 31.2. The van der Waals surface area contributed by atoms with E-state index in [1.807, 2.05) is 0 Å². The minimum atomic E-state index is -1.33. The molecule has 3 rings (SSSR count). The molecule has 8 nitrogen and oxygen atoms in total. The lowest BCUT2D eigenvalue weighted by Crippen LogP contribution is -2.53. The zero-order valence-electron chi connectivity index (χ0n) is 14.4. The third-order valence-corrected chi connectivity index (χ3v) is 5.18. The Morgan fingerprint density at radius 3 is 2.56 bits per heavy atom. The lowest BCUT2D eigenvalue weighted by molar-refractivity contribution is -0.152. The third-order valence-electron chi connectivity index (χ3n) is 5.18. The second-order valence-corrected chi connectivity index (χ2v) is 6.49. The summed E-state index contributed by atoms with van der Waals surface area (Å²) in [5.74, 6) is -2.77. The maximum Gasteiger partial charge on any atom is 0.326 e. The molecule has 2 aliphatic heterocycles. The second-order valence-electron chi connectivity index (χ2n) is 6.49. The van der Waals surface area contributed by atoms with E-state index in [9.17, 15) is 19.5 Å². The Labute approximate surface area is 144 Å². The predicted molar refractivity (Wildman–Crippen MR) is 85.7 cm³/mol. The average molecular weight is 348 g/mol. The number of ether oxygens (including phenoxy) is 2. The molecule has 2 fully saturated rings. The van der Waals surface area contributed by atoms with E-state index in [1.54, 1.807) is 19.1 Å². The first kappa shape index (κ1) is 17.2. The van der Waals surface area contributed by atoms with E-state index in [-0.39, 0.29) is 17.4 Å². The van der Waals surface area contributed by atoms with Crippen LogP contribution in [0.4, 0.5) is 0 Å². The van der Waals surface area contributed by atoms with Gasteiger partial charge in [-0.3, -0.25) is 24.6 Å². The first-order chi connectivity index (χ1) is 11.8. The number of esters is 1. The number of carbonyl (C=O) groups is 3. The summed E-state index contributed by atoms with van der Waals surface area (Å²) in [6.45, 7) is 1.57. The molecule has 2 amide bonds. The van der Waals surface area contributed by atoms with E-state index >= 15 is 0 Å². The molecule has 2 saturated heterocycles. The first-order valence-corrected chi connectivity index (χ1v) is 7.80. The lowest BCUT2D eigenvalue weighted by atomic mass is 9.80. The van der Waals surface area contributed by atoms with Crippen LogP contribution in [-0.4, -0.2) is 54.6 Å². The summed E-state index contributed by atoms with van der Waals surface area (Å²) in [5.41, 5.74) is -0.694. The summed E-state index contributed by atoms with van der Waals surface area (Å²) in [5, 5.41) is 12.9. The van der Waals surface area contributed by atoms with Crippen molar-refractivity contribution in [3.63, 3.8) is 0 Å². The van der Waals surface area contributed by atoms with E-state index in [0.717, 1.165) is 4.90 Å². The molecular formula is C17H20N2O6. The highest BCUT2D eigenvalue weighted by molar-refractivity contribution is 6.09. The van der Waals surface area contributed by atoms with E-state index in [2.05, 4.69) is 5.32 Å². The van der Waals surface area contributed by atoms with Crippen LogP contribution in [0.15, 0.2) is 18.2 Å². The number of hydrogen-bond donors (Lipinski definition) is 2. The van der Waals surface area contributed by atoms with E-state index in [1.165, 1.54) is 27.3 Å². The smallest absolute Gasteiger partial charge is 0.326 e. The molecular weight excluding hydrogens is 328 g/mol. The number of benzene rings is 1. The summed E-state index contributed by atoms with van der Waals surface area (Å²) in [6, 6.07) is 4.07. The number of aromatic hydroxyl groups is 1. The van der Waals surface area contributed by atoms with Crippen LogP contribution >= 0.6 is 0 Å². The van der Waals surface area contributed by atoms with Gasteiger partial charge in [-0.05, 0) is 24.6 Å². The fourth-order valence-corrected chi connectivity index (χ4v) is 3.86. The summed E-state index contributed by atoms with van der Waals surface area (Å²) < 4.78 is 9.98. The topological polar surface area (TPSA) is 105 Å². The third kappa shape index (κ3) is 2.28. The van der Waals surface area contributed by atoms with Crippen molar-refractivity contribution in [3.05, 3.63) is 23.8 Å². The molecule has 2 heterocycles. The number of nitrogens with zero attached hydrogens (tertiary/aromatic N) is 1. The molecule has 4 atom stereocenters. The van der Waals surface area contributed by atoms with Crippen molar-refractivity contribution in [3.8, 4) is 11.5 Å². The molecule has 0 bridgehead atoms. The van der Waals surface area contributed by atoms with Crippen LogP contribution in [0.3, 0.4) is 0 Å². The standard InChI is InChI=1S/C17H20N2O6/c1-17(16(23)25-4)12-11(14(21)19(2)15(12)22)13(18-17)8-5-6-9(20)10(7-8)24-3/h5-7,11-13,18,20H,1-4H3/t11-,12-,13-,17+/m0/s1. The van der Waals surface area contributed by atoms with Gasteiger partial charge in [0.1, 0.15) is 5.54 Å². The van der Waals surface area contributed by atoms with Crippen LogP contribution < -0.4 is 10.1 Å². The van der Waals surface area contributed by atoms with Crippen LogP contribution in [0.25, 0.3) is 0 Å². The Balaban J connectivity index is 2.11. The summed E-state index contributed by atoms with van der Waals surface area (Å²) in [4.78, 5) is 38.6. The largest absolute Gasteiger partial charge is 0.504 e. The first-order valence-electron chi connectivity index (χ1n) is 7.80. The van der Waals surface area contributed by atoms with Crippen molar-refractivity contribution < 1.29 is 29.0 Å². The van der Waals surface area contributed by atoms with E-state index < -0.39 is 35.3 Å². The molecule has 134 valence electrons. The predicted octanol–water partition coefficient (Wildman–Crippen LogP) is 0.208. The number of phenolic OH excluding ortho intramolecular Hbond substituents is 1. The molecule has 0 aromatic heterocycles. The van der Waals surface area contributed by atoms with Gasteiger partial charge in [0, 0.05) is 13.1 Å². The van der Waals surface area contributed by atoms with Crippen molar-refractivity contribution in [2.45, 2.75) is 18.5 Å². The van der Waals surface area contributed by atoms with Gasteiger partial charge in [0.15, 0.2) is 11.5 Å². The van der Waals surface area contributed by atoms with Crippen molar-refractivity contribution in [2.24, 2.45) is 11.8 Å². The van der Waals surface area contributed by atoms with Crippen molar-refractivity contribution in [2.75, 3.05) is 21.3 Å². The Bertz CT molecular complexity index is 764. The molecule has 0 unspecified atom stereocenters. The minimum absolute atomic E-state index is 0.0394. The summed E-state index contributed by atoms with van der Waals surface area (Å²) in [7, 11) is 4.07. The molecule has 1 aromatic carbocycles. The van der Waals surface area contributed by atoms with Crippen LogP contribution in [0.5, 0.6) is 11.5 Å². The number of imide groups is 1. The average Bonchev–Trinajstić information content (AvgIpc) is 3.04. The molecule has 8 heteroatoms. The Morgan fingerprint density at radius 1 is 1.28 bits per heavy atom. The number of methoxy groups -OCH3 is 2. The maximum atomic E-state index is 12.6. The lowest BCUT2D eigenvalue weighted by Gasteiger charge is -2.27. The van der Waals surface area contributed by atoms with Gasteiger partial charge in [0.25, 0.3) is 0 Å². The van der Waals surface area contributed by atoms with Crippen LogP contribution in [0.2, 0.25) is 0 Å². The highest BCUT2D eigenvalue weighted by Crippen LogP contribution is 2.49. The molecule has 0 aliphatic carbocycles. The summed E-state index contributed by atoms with van der Waals surface area (Å²) in [6.07, 6.45) is 0. The highest BCUT2D eigenvalue weighted by atomic mass is 16.5. The number of nitrogens with one attached hydrogen (secondary N) is 1. The molecule has 0 spiro atoms.